The third kappa shape index (κ3) is 11.6. The molecule has 1 aliphatic rings. The van der Waals surface area contributed by atoms with Crippen LogP contribution in [-0.2, 0) is 25.2 Å². The van der Waals surface area contributed by atoms with Gasteiger partial charge in [0.25, 0.3) is 11.2 Å². The molecule has 19 heteroatoms. The van der Waals surface area contributed by atoms with E-state index in [0.29, 0.717) is 12.5 Å². The van der Waals surface area contributed by atoms with Crippen molar-refractivity contribution in [3.05, 3.63) is 28.8 Å². The number of hydrogen-bond donors (Lipinski definition) is 0. The van der Waals surface area contributed by atoms with Crippen molar-refractivity contribution in [2.75, 3.05) is 0 Å². The van der Waals surface area contributed by atoms with Crippen LogP contribution in [0.4, 0.5) is 65.9 Å². The highest BCUT2D eigenvalue weighted by Gasteiger charge is 2.77. The molecule has 1 aromatic rings. The zero-order chi connectivity index (χ0) is 45.3. The molecule has 1 aliphatic carbocycles. The molecule has 0 amide bonds. The zero-order valence-electron chi connectivity index (χ0n) is 34.2. The number of alkyl halides is 15. The third-order valence-corrected chi connectivity index (χ3v) is 9.43. The molecule has 1 fully saturated rings. The van der Waals surface area contributed by atoms with Crippen LogP contribution < -0.4 is 4.74 Å². The molecule has 0 aliphatic heterocycles. The number of hydrogen-bond acceptors (Lipinski definition) is 4. The van der Waals surface area contributed by atoms with E-state index in [4.69, 9.17) is 9.47 Å². The first-order valence-corrected chi connectivity index (χ1v) is 18.3. The van der Waals surface area contributed by atoms with Crippen LogP contribution in [0.2, 0.25) is 0 Å². The maximum absolute atomic E-state index is 14.0. The Kier molecular flexibility index (Phi) is 16.5. The molecule has 0 N–H and O–H groups in total. The van der Waals surface area contributed by atoms with Crippen LogP contribution in [0.3, 0.4) is 0 Å². The molecule has 3 unspecified atom stereocenters. The minimum Gasteiger partial charge on any atom is -0.491 e. The summed E-state index contributed by atoms with van der Waals surface area (Å²) in [6.45, 7) is 17.4. The average molecular weight is 861 g/mol. The molecule has 0 radical (unpaired) electrons. The van der Waals surface area contributed by atoms with Crippen LogP contribution in [0.1, 0.15) is 125 Å². The van der Waals surface area contributed by atoms with Gasteiger partial charge in [-0.3, -0.25) is 0 Å². The van der Waals surface area contributed by atoms with Crippen LogP contribution in [0, 0.1) is 18.8 Å². The first kappa shape index (κ1) is 52.9. The van der Waals surface area contributed by atoms with E-state index in [1.807, 2.05) is 20.8 Å². The van der Waals surface area contributed by atoms with Crippen molar-refractivity contribution in [2.45, 2.75) is 193 Å². The summed E-state index contributed by atoms with van der Waals surface area (Å²) >= 11 is 0. The lowest BCUT2D eigenvalue weighted by atomic mass is 9.67. The summed E-state index contributed by atoms with van der Waals surface area (Å²) < 4.78 is 228. The van der Waals surface area contributed by atoms with Crippen LogP contribution in [0.25, 0.3) is 0 Å². The lowest BCUT2D eigenvalue weighted by molar-refractivity contribution is -0.409. The van der Waals surface area contributed by atoms with Crippen LogP contribution in [0.5, 0.6) is 5.75 Å². The quantitative estimate of drug-likeness (QED) is 0.208. The fourth-order valence-electron chi connectivity index (χ4n) is 7.14. The molecule has 2 rings (SSSR count). The molecule has 1 saturated carbocycles. The van der Waals surface area contributed by atoms with E-state index in [9.17, 15) is 65.9 Å². The van der Waals surface area contributed by atoms with E-state index in [1.54, 1.807) is 0 Å². The molecule has 0 heterocycles. The van der Waals surface area contributed by atoms with E-state index >= 15 is 0 Å². The Morgan fingerprint density at radius 2 is 0.947 bits per heavy atom. The van der Waals surface area contributed by atoms with Gasteiger partial charge in [0.2, 0.25) is 0 Å². The third-order valence-electron chi connectivity index (χ3n) is 9.43. The molecule has 0 spiro atoms. The summed E-state index contributed by atoms with van der Waals surface area (Å²) in [5, 5.41) is 0. The average Bonchev–Trinajstić information content (AvgIpc) is 2.94. The first-order valence-electron chi connectivity index (χ1n) is 18.3. The fourth-order valence-corrected chi connectivity index (χ4v) is 7.14. The van der Waals surface area contributed by atoms with Crippen LogP contribution in [-0.4, -0.2) is 66.5 Å². The minimum atomic E-state index is -5.85. The van der Waals surface area contributed by atoms with Gasteiger partial charge in [-0.25, -0.2) is 0 Å². The Morgan fingerprint density at radius 3 is 1.28 bits per heavy atom. The Labute approximate surface area is 324 Å². The number of benzene rings is 1. The Hall–Kier alpha value is -2.15. The predicted molar refractivity (Wildman–Crippen MR) is 183 cm³/mol. The normalized spacial score (nSPS) is 19.6. The summed E-state index contributed by atoms with van der Waals surface area (Å²) in [5.74, 6) is -4.28. The highest BCUT2D eigenvalue weighted by Crippen LogP contribution is 2.59. The monoisotopic (exact) mass is 860 g/mol. The maximum atomic E-state index is 14.0. The van der Waals surface area contributed by atoms with E-state index in [1.165, 1.54) is 46.8 Å². The molecule has 336 valence electrons. The topological polar surface area (TPSA) is 36.9 Å². The van der Waals surface area contributed by atoms with Gasteiger partial charge in [0.15, 0.2) is 5.60 Å². The van der Waals surface area contributed by atoms with Crippen molar-refractivity contribution in [3.63, 3.8) is 0 Å². The van der Waals surface area contributed by atoms with Gasteiger partial charge in [-0.15, -0.1) is 0 Å². The fraction of sp³-hybridized carbons (Fsp3) is 0.842. The van der Waals surface area contributed by atoms with E-state index in [-0.39, 0.29) is 18.4 Å². The predicted octanol–water partition coefficient (Wildman–Crippen LogP) is 13.7. The number of halogens is 15. The summed E-state index contributed by atoms with van der Waals surface area (Å²) in [7, 11) is 0. The van der Waals surface area contributed by atoms with Crippen LogP contribution in [0.15, 0.2) is 12.1 Å². The molecule has 57 heavy (non-hydrogen) atoms. The molecule has 1 aromatic carbocycles. The van der Waals surface area contributed by atoms with Crippen molar-refractivity contribution < 1.29 is 84.8 Å². The second kappa shape index (κ2) is 17.8. The standard InChI is InChI=1S/C20H28F6O2.C18H27F9O2/c1-11(2)27-15-10-14(17(6,7)8)9-13(5)16(15)18(19(21,22)23,20(24,25)26)28-12(3)4;1-10(2)28-14(5,16(19,20)21)12-7-6-8-13(9-12)15(17(22,23)24,18(25,26)27)29-11(3)4/h9-12H,1-8H3;10-13H,6-9H2,1-5H3. The molecule has 3 atom stereocenters. The smallest absolute Gasteiger partial charge is 0.431 e. The molecule has 4 nitrogen and oxygen atoms in total. The van der Waals surface area contributed by atoms with Gasteiger partial charge >= 0.3 is 30.9 Å². The summed E-state index contributed by atoms with van der Waals surface area (Å²) in [6, 6.07) is 2.58. The Bertz CT molecular complexity index is 1400. The first-order chi connectivity index (χ1) is 25.1. The zero-order valence-corrected chi connectivity index (χ0v) is 34.2. The van der Waals surface area contributed by atoms with Crippen molar-refractivity contribution in [2.24, 2.45) is 11.8 Å². The van der Waals surface area contributed by atoms with Gasteiger partial charge < -0.3 is 18.9 Å². The lowest BCUT2D eigenvalue weighted by Gasteiger charge is -2.49. The molecule has 0 saturated heterocycles. The largest absolute Gasteiger partial charge is 0.491 e. The summed E-state index contributed by atoms with van der Waals surface area (Å²) in [4.78, 5) is 0. The minimum absolute atomic E-state index is 0.196. The summed E-state index contributed by atoms with van der Waals surface area (Å²) in [5.41, 5.74) is -13.1. The van der Waals surface area contributed by atoms with E-state index < -0.39 is 114 Å². The van der Waals surface area contributed by atoms with Crippen molar-refractivity contribution in [1.82, 2.24) is 0 Å². The highest BCUT2D eigenvalue weighted by molar-refractivity contribution is 5.50. The van der Waals surface area contributed by atoms with Gasteiger partial charge in [0, 0.05) is 11.5 Å². The van der Waals surface area contributed by atoms with E-state index in [2.05, 4.69) is 9.47 Å². The molecular formula is C38H55F15O4. The van der Waals surface area contributed by atoms with Crippen LogP contribution >= 0.6 is 0 Å². The molecule has 0 aromatic heterocycles. The Morgan fingerprint density at radius 1 is 0.526 bits per heavy atom. The van der Waals surface area contributed by atoms with Crippen molar-refractivity contribution in [1.29, 1.82) is 0 Å². The number of rotatable bonds is 11. The second-order valence-corrected chi connectivity index (χ2v) is 16.7. The number of ether oxygens (including phenoxy) is 4. The second-order valence-electron chi connectivity index (χ2n) is 16.7. The van der Waals surface area contributed by atoms with Crippen molar-refractivity contribution in [3.8, 4) is 5.75 Å². The maximum Gasteiger partial charge on any atom is 0.431 e. The van der Waals surface area contributed by atoms with Gasteiger partial charge in [-0.2, -0.15) is 65.9 Å². The molecule has 0 bridgehead atoms. The Balaban J connectivity index is 0.000000570. The van der Waals surface area contributed by atoms with E-state index in [0.717, 1.165) is 27.7 Å². The van der Waals surface area contributed by atoms with Gasteiger partial charge in [0.05, 0.1) is 24.4 Å². The number of aryl methyl sites for hydroxylation is 1. The lowest BCUT2D eigenvalue weighted by Crippen LogP contribution is -2.66. The van der Waals surface area contributed by atoms with Gasteiger partial charge in [-0.1, -0.05) is 33.3 Å². The van der Waals surface area contributed by atoms with Gasteiger partial charge in [0.1, 0.15) is 5.75 Å². The molecular weight excluding hydrogens is 805 g/mol. The van der Waals surface area contributed by atoms with Gasteiger partial charge in [-0.05, 0) is 117 Å². The van der Waals surface area contributed by atoms with Crippen molar-refractivity contribution >= 4 is 0 Å². The highest BCUT2D eigenvalue weighted by atomic mass is 19.4. The SMILES string of the molecule is CC(C)OC(C)(C1CCCC(C(OC(C)C)(C(F)(F)F)C(F)(F)F)C1)C(F)(F)F.Cc1cc(C(C)(C)C)cc(OC(C)C)c1C(OC(C)C)(C(F)(F)F)C(F)(F)F. The summed E-state index contributed by atoms with van der Waals surface area (Å²) in [6.07, 6.45) is -34.5.